The molecular formula is C15H28ClN3O2. The van der Waals surface area contributed by atoms with Crippen LogP contribution in [-0.4, -0.2) is 42.9 Å². The average Bonchev–Trinajstić information content (AvgIpc) is 2.98. The lowest BCUT2D eigenvalue weighted by molar-refractivity contribution is -0.132. The zero-order valence-electron chi connectivity index (χ0n) is 12.7. The maximum Gasteiger partial charge on any atom is 0.227 e. The first kappa shape index (κ1) is 18.2. The summed E-state index contributed by atoms with van der Waals surface area (Å²) in [6.07, 6.45) is 7.77. The first-order valence-corrected chi connectivity index (χ1v) is 7.94. The number of piperidine rings is 1. The SMILES string of the molecule is Cl.NCC1(C(=O)NCCC(=O)N2CCCCC2)CCCC1. The molecule has 0 aromatic rings. The molecule has 1 aliphatic carbocycles. The van der Waals surface area contributed by atoms with Crippen LogP contribution < -0.4 is 11.1 Å². The second kappa shape index (κ2) is 8.59. The molecule has 6 heteroatoms. The molecule has 2 rings (SSSR count). The Morgan fingerprint density at radius 3 is 2.24 bits per heavy atom. The van der Waals surface area contributed by atoms with Gasteiger partial charge in [-0.1, -0.05) is 12.8 Å². The average molecular weight is 318 g/mol. The van der Waals surface area contributed by atoms with Crippen LogP contribution in [0.3, 0.4) is 0 Å². The maximum absolute atomic E-state index is 12.2. The van der Waals surface area contributed by atoms with Gasteiger partial charge in [-0.15, -0.1) is 12.4 Å². The Labute approximate surface area is 133 Å². The van der Waals surface area contributed by atoms with Crippen molar-refractivity contribution in [1.82, 2.24) is 10.2 Å². The van der Waals surface area contributed by atoms with E-state index in [9.17, 15) is 9.59 Å². The molecule has 2 fully saturated rings. The molecule has 3 N–H and O–H groups in total. The number of rotatable bonds is 5. The number of amides is 2. The van der Waals surface area contributed by atoms with Crippen molar-refractivity contribution < 1.29 is 9.59 Å². The number of nitrogens with two attached hydrogens (primary N) is 1. The fourth-order valence-electron chi connectivity index (χ4n) is 3.35. The van der Waals surface area contributed by atoms with Crippen LogP contribution in [0.25, 0.3) is 0 Å². The lowest BCUT2D eigenvalue weighted by Crippen LogP contribution is -2.45. The first-order valence-electron chi connectivity index (χ1n) is 7.94. The van der Waals surface area contributed by atoms with Crippen LogP contribution in [0.2, 0.25) is 0 Å². The maximum atomic E-state index is 12.2. The van der Waals surface area contributed by atoms with E-state index in [4.69, 9.17) is 5.73 Å². The summed E-state index contributed by atoms with van der Waals surface area (Å²) in [5, 5.41) is 2.92. The standard InChI is InChI=1S/C15H27N3O2.ClH/c16-12-15(7-2-3-8-15)14(20)17-9-6-13(19)18-10-4-1-5-11-18;/h1-12,16H2,(H,17,20);1H. The Kier molecular flexibility index (Phi) is 7.46. The van der Waals surface area contributed by atoms with Crippen molar-refractivity contribution in [2.24, 2.45) is 11.1 Å². The van der Waals surface area contributed by atoms with Crippen molar-refractivity contribution in [1.29, 1.82) is 0 Å². The zero-order valence-corrected chi connectivity index (χ0v) is 13.6. The smallest absolute Gasteiger partial charge is 0.227 e. The predicted molar refractivity (Wildman–Crippen MR) is 85.3 cm³/mol. The summed E-state index contributed by atoms with van der Waals surface area (Å²) < 4.78 is 0. The van der Waals surface area contributed by atoms with Crippen molar-refractivity contribution >= 4 is 24.2 Å². The molecule has 1 aliphatic heterocycles. The lowest BCUT2D eigenvalue weighted by atomic mass is 9.85. The summed E-state index contributed by atoms with van der Waals surface area (Å²) in [7, 11) is 0. The van der Waals surface area contributed by atoms with Gasteiger partial charge in [-0.25, -0.2) is 0 Å². The number of nitrogens with one attached hydrogen (secondary N) is 1. The van der Waals surface area contributed by atoms with E-state index in [1.807, 2.05) is 4.90 Å². The quantitative estimate of drug-likeness (QED) is 0.805. The molecule has 0 aromatic heterocycles. The van der Waals surface area contributed by atoms with Crippen LogP contribution in [-0.2, 0) is 9.59 Å². The molecule has 1 saturated heterocycles. The predicted octanol–water partition coefficient (Wildman–Crippen LogP) is 1.45. The summed E-state index contributed by atoms with van der Waals surface area (Å²) in [5.74, 6) is 0.210. The summed E-state index contributed by atoms with van der Waals surface area (Å²) >= 11 is 0. The molecule has 0 unspecified atom stereocenters. The molecule has 0 spiro atoms. The molecular weight excluding hydrogens is 290 g/mol. The number of likely N-dealkylation sites (tertiary alicyclic amines) is 1. The largest absolute Gasteiger partial charge is 0.355 e. The Morgan fingerprint density at radius 1 is 1.05 bits per heavy atom. The van der Waals surface area contributed by atoms with Gasteiger partial charge in [-0.2, -0.15) is 0 Å². The molecule has 2 aliphatic rings. The van der Waals surface area contributed by atoms with Gasteiger partial charge < -0.3 is 16.0 Å². The molecule has 2 amide bonds. The van der Waals surface area contributed by atoms with Crippen LogP contribution in [0, 0.1) is 5.41 Å². The van der Waals surface area contributed by atoms with Crippen molar-refractivity contribution in [2.45, 2.75) is 51.4 Å². The van der Waals surface area contributed by atoms with Gasteiger partial charge in [0.15, 0.2) is 0 Å². The number of hydrogen-bond acceptors (Lipinski definition) is 3. The third-order valence-corrected chi connectivity index (χ3v) is 4.77. The van der Waals surface area contributed by atoms with Crippen LogP contribution >= 0.6 is 12.4 Å². The first-order chi connectivity index (χ1) is 9.68. The van der Waals surface area contributed by atoms with Gasteiger partial charge in [0.25, 0.3) is 0 Å². The number of nitrogens with zero attached hydrogens (tertiary/aromatic N) is 1. The normalized spacial score (nSPS) is 20.7. The van der Waals surface area contributed by atoms with E-state index < -0.39 is 0 Å². The van der Waals surface area contributed by atoms with E-state index in [-0.39, 0.29) is 29.6 Å². The molecule has 0 aromatic carbocycles. The monoisotopic (exact) mass is 317 g/mol. The Bertz CT molecular complexity index is 351. The fourth-order valence-corrected chi connectivity index (χ4v) is 3.35. The minimum atomic E-state index is -0.367. The van der Waals surface area contributed by atoms with Gasteiger partial charge in [-0.3, -0.25) is 9.59 Å². The van der Waals surface area contributed by atoms with Gasteiger partial charge in [-0.05, 0) is 32.1 Å². The highest BCUT2D eigenvalue weighted by molar-refractivity contribution is 5.85. The molecule has 1 heterocycles. The van der Waals surface area contributed by atoms with Crippen LogP contribution in [0.4, 0.5) is 0 Å². The van der Waals surface area contributed by atoms with E-state index >= 15 is 0 Å². The third-order valence-electron chi connectivity index (χ3n) is 4.77. The minimum Gasteiger partial charge on any atom is -0.355 e. The highest BCUT2D eigenvalue weighted by Crippen LogP contribution is 2.37. The third kappa shape index (κ3) is 4.58. The molecule has 0 bridgehead atoms. The second-order valence-electron chi connectivity index (χ2n) is 6.14. The molecule has 5 nitrogen and oxygen atoms in total. The Morgan fingerprint density at radius 2 is 1.67 bits per heavy atom. The summed E-state index contributed by atoms with van der Waals surface area (Å²) in [4.78, 5) is 26.2. The van der Waals surface area contributed by atoms with Gasteiger partial charge in [0.05, 0.1) is 5.41 Å². The fraction of sp³-hybridized carbons (Fsp3) is 0.867. The number of hydrogen-bond donors (Lipinski definition) is 2. The summed E-state index contributed by atoms with van der Waals surface area (Å²) in [6, 6.07) is 0. The van der Waals surface area contributed by atoms with Crippen molar-refractivity contribution in [3.05, 3.63) is 0 Å². The van der Waals surface area contributed by atoms with Gasteiger partial charge in [0, 0.05) is 32.6 Å². The van der Waals surface area contributed by atoms with Crippen molar-refractivity contribution in [3.8, 4) is 0 Å². The zero-order chi connectivity index (χ0) is 14.4. The summed E-state index contributed by atoms with van der Waals surface area (Å²) in [6.45, 7) is 2.61. The molecule has 0 radical (unpaired) electrons. The lowest BCUT2D eigenvalue weighted by Gasteiger charge is -2.28. The minimum absolute atomic E-state index is 0. The van der Waals surface area contributed by atoms with Gasteiger partial charge >= 0.3 is 0 Å². The van der Waals surface area contributed by atoms with Crippen LogP contribution in [0.5, 0.6) is 0 Å². The molecule has 21 heavy (non-hydrogen) atoms. The van der Waals surface area contributed by atoms with E-state index in [2.05, 4.69) is 5.32 Å². The Hall–Kier alpha value is -0.810. The molecule has 122 valence electrons. The number of carbonyl (C=O) groups is 2. The van der Waals surface area contributed by atoms with E-state index in [0.717, 1.165) is 51.6 Å². The van der Waals surface area contributed by atoms with Crippen molar-refractivity contribution in [2.75, 3.05) is 26.2 Å². The number of carbonyl (C=O) groups excluding carboxylic acids is 2. The van der Waals surface area contributed by atoms with Gasteiger partial charge in [0.1, 0.15) is 0 Å². The Balaban J connectivity index is 0.00000220. The van der Waals surface area contributed by atoms with Crippen molar-refractivity contribution in [3.63, 3.8) is 0 Å². The second-order valence-corrected chi connectivity index (χ2v) is 6.14. The highest BCUT2D eigenvalue weighted by atomic mass is 35.5. The highest BCUT2D eigenvalue weighted by Gasteiger charge is 2.39. The molecule has 0 atom stereocenters. The van der Waals surface area contributed by atoms with Crippen LogP contribution in [0.15, 0.2) is 0 Å². The topological polar surface area (TPSA) is 75.4 Å². The molecule has 1 saturated carbocycles. The van der Waals surface area contributed by atoms with E-state index in [1.165, 1.54) is 6.42 Å². The van der Waals surface area contributed by atoms with Crippen LogP contribution in [0.1, 0.15) is 51.4 Å². The van der Waals surface area contributed by atoms with E-state index in [1.54, 1.807) is 0 Å². The van der Waals surface area contributed by atoms with Gasteiger partial charge in [0.2, 0.25) is 11.8 Å². The van der Waals surface area contributed by atoms with E-state index in [0.29, 0.717) is 19.5 Å². The number of halogens is 1. The summed E-state index contributed by atoms with van der Waals surface area (Å²) in [5.41, 5.74) is 5.42.